The van der Waals surface area contributed by atoms with Crippen LogP contribution in [-0.4, -0.2) is 43.2 Å². The highest BCUT2D eigenvalue weighted by atomic mass is 16.5. The van der Waals surface area contributed by atoms with Gasteiger partial charge in [0.15, 0.2) is 5.76 Å². The molecule has 1 aromatic carbocycles. The molecule has 2 aromatic rings. The Balaban J connectivity index is 1.47. The first-order valence-corrected chi connectivity index (χ1v) is 7.51. The molecule has 3 rings (SSSR count). The van der Waals surface area contributed by atoms with Crippen molar-refractivity contribution in [1.29, 1.82) is 0 Å². The number of nitrogens with one attached hydrogen (secondary N) is 1. The van der Waals surface area contributed by atoms with Crippen LogP contribution >= 0.6 is 0 Å². The van der Waals surface area contributed by atoms with Gasteiger partial charge in [-0.2, -0.15) is 0 Å². The van der Waals surface area contributed by atoms with E-state index < -0.39 is 0 Å². The van der Waals surface area contributed by atoms with Gasteiger partial charge in [0.1, 0.15) is 0 Å². The van der Waals surface area contributed by atoms with Gasteiger partial charge in [0.2, 0.25) is 0 Å². The maximum Gasteiger partial charge on any atom is 0.287 e. The summed E-state index contributed by atoms with van der Waals surface area (Å²) in [7, 11) is 0. The Bertz CT molecular complexity index is 583. The third-order valence-electron chi connectivity index (χ3n) is 3.71. The molecular formula is C17H20N2O3. The molecule has 5 heteroatoms. The number of hydrogen-bond acceptors (Lipinski definition) is 4. The lowest BCUT2D eigenvalue weighted by atomic mass is 10.2. The highest BCUT2D eigenvalue weighted by Gasteiger charge is 2.21. The Morgan fingerprint density at radius 1 is 1.23 bits per heavy atom. The van der Waals surface area contributed by atoms with E-state index in [1.807, 2.05) is 6.07 Å². The Morgan fingerprint density at radius 3 is 2.86 bits per heavy atom. The first-order chi connectivity index (χ1) is 10.8. The van der Waals surface area contributed by atoms with Crippen molar-refractivity contribution in [3.63, 3.8) is 0 Å². The SMILES string of the molecule is O=C(NC[C@H]1CN(Cc2ccccc2)CCO1)c1ccco1. The number of ether oxygens (including phenoxy) is 1. The number of morpholine rings is 1. The predicted octanol–water partition coefficient (Wildman–Crippen LogP) is 1.91. The number of hydrogen-bond donors (Lipinski definition) is 1. The van der Waals surface area contributed by atoms with Gasteiger partial charge in [-0.3, -0.25) is 9.69 Å². The van der Waals surface area contributed by atoms with Crippen molar-refractivity contribution in [2.24, 2.45) is 0 Å². The highest BCUT2D eigenvalue weighted by molar-refractivity contribution is 5.91. The van der Waals surface area contributed by atoms with Crippen molar-refractivity contribution in [2.45, 2.75) is 12.6 Å². The molecular weight excluding hydrogens is 280 g/mol. The summed E-state index contributed by atoms with van der Waals surface area (Å²) in [5, 5.41) is 2.85. The van der Waals surface area contributed by atoms with Crippen LogP contribution in [0.4, 0.5) is 0 Å². The van der Waals surface area contributed by atoms with Gasteiger partial charge < -0.3 is 14.5 Å². The van der Waals surface area contributed by atoms with Crippen molar-refractivity contribution in [2.75, 3.05) is 26.2 Å². The van der Waals surface area contributed by atoms with E-state index >= 15 is 0 Å². The Labute approximate surface area is 129 Å². The van der Waals surface area contributed by atoms with Gasteiger partial charge in [0.25, 0.3) is 5.91 Å². The third-order valence-corrected chi connectivity index (χ3v) is 3.71. The second-order valence-electron chi connectivity index (χ2n) is 5.40. The number of carbonyl (C=O) groups excluding carboxylic acids is 1. The number of furan rings is 1. The minimum atomic E-state index is -0.200. The molecule has 0 aliphatic carbocycles. The second-order valence-corrected chi connectivity index (χ2v) is 5.40. The molecule has 1 saturated heterocycles. The minimum Gasteiger partial charge on any atom is -0.459 e. The van der Waals surface area contributed by atoms with E-state index in [0.717, 1.165) is 19.6 Å². The quantitative estimate of drug-likeness (QED) is 0.916. The average molecular weight is 300 g/mol. The smallest absolute Gasteiger partial charge is 0.287 e. The van der Waals surface area contributed by atoms with Gasteiger partial charge >= 0.3 is 0 Å². The van der Waals surface area contributed by atoms with Crippen LogP contribution < -0.4 is 5.32 Å². The molecule has 1 aromatic heterocycles. The Morgan fingerprint density at radius 2 is 2.09 bits per heavy atom. The second kappa shape index (κ2) is 7.24. The van der Waals surface area contributed by atoms with Crippen LogP contribution in [0.2, 0.25) is 0 Å². The fraction of sp³-hybridized carbons (Fsp3) is 0.353. The van der Waals surface area contributed by atoms with Crippen LogP contribution in [-0.2, 0) is 11.3 Å². The molecule has 116 valence electrons. The summed E-state index contributed by atoms with van der Waals surface area (Å²) in [5.74, 6) is 0.130. The first-order valence-electron chi connectivity index (χ1n) is 7.51. The molecule has 0 saturated carbocycles. The predicted molar refractivity (Wildman–Crippen MR) is 82.5 cm³/mol. The van der Waals surface area contributed by atoms with Gasteiger partial charge in [-0.05, 0) is 17.7 Å². The van der Waals surface area contributed by atoms with Crippen molar-refractivity contribution in [1.82, 2.24) is 10.2 Å². The number of rotatable bonds is 5. The monoisotopic (exact) mass is 300 g/mol. The van der Waals surface area contributed by atoms with Gasteiger partial charge in [0.05, 0.1) is 19.0 Å². The third kappa shape index (κ3) is 3.96. The van der Waals surface area contributed by atoms with Crippen molar-refractivity contribution in [3.05, 3.63) is 60.1 Å². The average Bonchev–Trinajstić information content (AvgIpc) is 3.08. The normalized spacial score (nSPS) is 19.0. The molecule has 22 heavy (non-hydrogen) atoms. The number of nitrogens with zero attached hydrogens (tertiary/aromatic N) is 1. The highest BCUT2D eigenvalue weighted by Crippen LogP contribution is 2.10. The molecule has 2 heterocycles. The summed E-state index contributed by atoms with van der Waals surface area (Å²) >= 11 is 0. The van der Waals surface area contributed by atoms with E-state index in [1.165, 1.54) is 11.8 Å². The lowest BCUT2D eigenvalue weighted by molar-refractivity contribution is -0.0293. The van der Waals surface area contributed by atoms with Crippen molar-refractivity contribution < 1.29 is 13.9 Å². The fourth-order valence-corrected chi connectivity index (χ4v) is 2.59. The van der Waals surface area contributed by atoms with Gasteiger partial charge in [-0.1, -0.05) is 30.3 Å². The van der Waals surface area contributed by atoms with Crippen LogP contribution in [0.5, 0.6) is 0 Å². The van der Waals surface area contributed by atoms with Gasteiger partial charge in [-0.25, -0.2) is 0 Å². The zero-order chi connectivity index (χ0) is 15.2. The molecule has 1 amide bonds. The minimum absolute atomic E-state index is 0.0105. The Hall–Kier alpha value is -2.11. The van der Waals surface area contributed by atoms with E-state index in [9.17, 15) is 4.79 Å². The van der Waals surface area contributed by atoms with Crippen molar-refractivity contribution in [3.8, 4) is 0 Å². The molecule has 1 fully saturated rings. The first kappa shape index (κ1) is 14.8. The van der Waals surface area contributed by atoms with Crippen LogP contribution in [0.1, 0.15) is 16.1 Å². The molecule has 1 N–H and O–H groups in total. The summed E-state index contributed by atoms with van der Waals surface area (Å²) in [5.41, 5.74) is 1.29. The number of carbonyl (C=O) groups is 1. The topological polar surface area (TPSA) is 54.7 Å². The maximum absolute atomic E-state index is 11.8. The molecule has 1 aliphatic rings. The summed E-state index contributed by atoms with van der Waals surface area (Å²) in [6.07, 6.45) is 1.50. The largest absolute Gasteiger partial charge is 0.459 e. The maximum atomic E-state index is 11.8. The molecule has 1 aliphatic heterocycles. The zero-order valence-corrected chi connectivity index (χ0v) is 12.4. The molecule has 0 bridgehead atoms. The van der Waals surface area contributed by atoms with E-state index in [-0.39, 0.29) is 12.0 Å². The number of amides is 1. The molecule has 1 atom stereocenters. The standard InChI is InChI=1S/C17H20N2O3/c20-17(16-7-4-9-22-16)18-11-15-13-19(8-10-21-15)12-14-5-2-1-3-6-14/h1-7,9,15H,8,10-13H2,(H,18,20)/t15-/m0/s1. The lowest BCUT2D eigenvalue weighted by Gasteiger charge is -2.33. The van der Waals surface area contributed by atoms with Crippen molar-refractivity contribution >= 4 is 5.91 Å². The summed E-state index contributed by atoms with van der Waals surface area (Å²) in [6.45, 7) is 3.82. The van der Waals surface area contributed by atoms with Crippen LogP contribution in [0.15, 0.2) is 53.1 Å². The Kier molecular flexibility index (Phi) is 4.88. The van der Waals surface area contributed by atoms with Crippen LogP contribution in [0.25, 0.3) is 0 Å². The molecule has 5 nitrogen and oxygen atoms in total. The van der Waals surface area contributed by atoms with E-state index in [4.69, 9.17) is 9.15 Å². The summed E-state index contributed by atoms with van der Waals surface area (Å²) in [4.78, 5) is 14.2. The van der Waals surface area contributed by atoms with E-state index in [0.29, 0.717) is 18.9 Å². The number of benzene rings is 1. The van der Waals surface area contributed by atoms with Crippen LogP contribution in [0.3, 0.4) is 0 Å². The molecule has 0 radical (unpaired) electrons. The zero-order valence-electron chi connectivity index (χ0n) is 12.4. The lowest BCUT2D eigenvalue weighted by Crippen LogP contribution is -2.47. The van der Waals surface area contributed by atoms with Gasteiger partial charge in [-0.15, -0.1) is 0 Å². The van der Waals surface area contributed by atoms with E-state index in [2.05, 4.69) is 34.5 Å². The van der Waals surface area contributed by atoms with E-state index in [1.54, 1.807) is 12.1 Å². The summed E-state index contributed by atoms with van der Waals surface area (Å²) in [6, 6.07) is 13.7. The molecule has 0 unspecified atom stereocenters. The summed E-state index contributed by atoms with van der Waals surface area (Å²) < 4.78 is 10.8. The van der Waals surface area contributed by atoms with Crippen LogP contribution in [0, 0.1) is 0 Å². The van der Waals surface area contributed by atoms with Gasteiger partial charge in [0, 0.05) is 26.2 Å². The molecule has 0 spiro atoms. The fourth-order valence-electron chi connectivity index (χ4n) is 2.59.